The number of hydrogen-bond acceptors (Lipinski definition) is 3. The highest BCUT2D eigenvalue weighted by Gasteiger charge is 2.14. The standard InChI is InChI=1S/C15H17ClFN3/c1-4-5-13-18-14(16)10(2)15(19-13)20(3)12-8-6-11(17)7-9-12/h6-9H,4-5H2,1-3H3. The Balaban J connectivity index is 2.42. The van der Waals surface area contributed by atoms with Crippen LogP contribution in [0.1, 0.15) is 24.7 Å². The monoisotopic (exact) mass is 293 g/mol. The molecule has 0 atom stereocenters. The summed E-state index contributed by atoms with van der Waals surface area (Å²) in [7, 11) is 1.88. The van der Waals surface area contributed by atoms with Crippen molar-refractivity contribution in [2.75, 3.05) is 11.9 Å². The maximum atomic E-state index is 13.0. The zero-order valence-corrected chi connectivity index (χ0v) is 12.6. The molecule has 0 unspecified atom stereocenters. The first-order valence-corrected chi connectivity index (χ1v) is 6.93. The van der Waals surface area contributed by atoms with Crippen molar-refractivity contribution in [1.82, 2.24) is 9.97 Å². The van der Waals surface area contributed by atoms with Gasteiger partial charge in [0.05, 0.1) is 0 Å². The number of nitrogens with zero attached hydrogens (tertiary/aromatic N) is 3. The number of rotatable bonds is 4. The van der Waals surface area contributed by atoms with Gasteiger partial charge in [-0.2, -0.15) is 0 Å². The highest BCUT2D eigenvalue weighted by molar-refractivity contribution is 6.30. The van der Waals surface area contributed by atoms with E-state index < -0.39 is 0 Å². The fraction of sp³-hybridized carbons (Fsp3) is 0.333. The summed E-state index contributed by atoms with van der Waals surface area (Å²) in [4.78, 5) is 10.7. The highest BCUT2D eigenvalue weighted by atomic mass is 35.5. The molecule has 0 amide bonds. The van der Waals surface area contributed by atoms with Crippen LogP contribution in [0.3, 0.4) is 0 Å². The quantitative estimate of drug-likeness (QED) is 0.787. The van der Waals surface area contributed by atoms with Crippen LogP contribution in [0, 0.1) is 12.7 Å². The van der Waals surface area contributed by atoms with Crippen molar-refractivity contribution in [1.29, 1.82) is 0 Å². The van der Waals surface area contributed by atoms with E-state index >= 15 is 0 Å². The van der Waals surface area contributed by atoms with E-state index in [9.17, 15) is 4.39 Å². The van der Waals surface area contributed by atoms with E-state index in [0.717, 1.165) is 35.7 Å². The zero-order valence-electron chi connectivity index (χ0n) is 11.8. The first-order chi connectivity index (χ1) is 9.52. The summed E-state index contributed by atoms with van der Waals surface area (Å²) in [6.45, 7) is 3.95. The lowest BCUT2D eigenvalue weighted by Gasteiger charge is -2.21. The third kappa shape index (κ3) is 3.07. The minimum atomic E-state index is -0.258. The van der Waals surface area contributed by atoms with Crippen LogP contribution in [-0.4, -0.2) is 17.0 Å². The second-order valence-corrected chi connectivity index (χ2v) is 5.02. The van der Waals surface area contributed by atoms with Crippen molar-refractivity contribution in [3.8, 4) is 0 Å². The molecule has 0 N–H and O–H groups in total. The average Bonchev–Trinajstić information content (AvgIpc) is 2.43. The average molecular weight is 294 g/mol. The van der Waals surface area contributed by atoms with Gasteiger partial charge in [0.15, 0.2) is 0 Å². The van der Waals surface area contributed by atoms with Crippen LogP contribution in [0.5, 0.6) is 0 Å². The molecule has 3 nitrogen and oxygen atoms in total. The van der Waals surface area contributed by atoms with E-state index in [4.69, 9.17) is 11.6 Å². The van der Waals surface area contributed by atoms with Crippen molar-refractivity contribution >= 4 is 23.1 Å². The number of aryl methyl sites for hydroxylation is 1. The van der Waals surface area contributed by atoms with Crippen LogP contribution in [0.4, 0.5) is 15.9 Å². The molecular weight excluding hydrogens is 277 g/mol. The Morgan fingerprint density at radius 3 is 2.45 bits per heavy atom. The molecule has 0 radical (unpaired) electrons. The van der Waals surface area contributed by atoms with Crippen LogP contribution < -0.4 is 4.90 Å². The van der Waals surface area contributed by atoms with E-state index in [2.05, 4.69) is 16.9 Å². The van der Waals surface area contributed by atoms with Gasteiger partial charge in [0, 0.05) is 24.7 Å². The van der Waals surface area contributed by atoms with E-state index in [0.29, 0.717) is 5.15 Å². The second-order valence-electron chi connectivity index (χ2n) is 4.66. The third-order valence-corrected chi connectivity index (χ3v) is 3.48. The Kier molecular flexibility index (Phi) is 4.55. The molecule has 5 heteroatoms. The van der Waals surface area contributed by atoms with Crippen molar-refractivity contribution < 1.29 is 4.39 Å². The Morgan fingerprint density at radius 1 is 1.20 bits per heavy atom. The predicted molar refractivity (Wildman–Crippen MR) is 80.2 cm³/mol. The first-order valence-electron chi connectivity index (χ1n) is 6.55. The van der Waals surface area contributed by atoms with Crippen molar-refractivity contribution in [2.24, 2.45) is 0 Å². The molecule has 2 rings (SSSR count). The van der Waals surface area contributed by atoms with Crippen LogP contribution in [0.2, 0.25) is 5.15 Å². The summed E-state index contributed by atoms with van der Waals surface area (Å²) < 4.78 is 13.0. The van der Waals surface area contributed by atoms with Gasteiger partial charge in [-0.15, -0.1) is 0 Å². The van der Waals surface area contributed by atoms with Gasteiger partial charge in [0.1, 0.15) is 22.6 Å². The van der Waals surface area contributed by atoms with Crippen molar-refractivity contribution in [3.05, 3.63) is 46.6 Å². The number of hydrogen-bond donors (Lipinski definition) is 0. The fourth-order valence-corrected chi connectivity index (χ4v) is 2.15. The van der Waals surface area contributed by atoms with Gasteiger partial charge in [-0.3, -0.25) is 0 Å². The lowest BCUT2D eigenvalue weighted by molar-refractivity contribution is 0.628. The minimum absolute atomic E-state index is 0.258. The summed E-state index contributed by atoms with van der Waals surface area (Å²) >= 11 is 6.17. The minimum Gasteiger partial charge on any atom is -0.329 e. The molecule has 1 heterocycles. The Bertz CT molecular complexity index is 599. The number of benzene rings is 1. The summed E-state index contributed by atoms with van der Waals surface area (Å²) in [5, 5.41) is 0.465. The topological polar surface area (TPSA) is 29.0 Å². The molecule has 0 saturated carbocycles. The molecule has 0 aliphatic heterocycles. The van der Waals surface area contributed by atoms with Gasteiger partial charge in [0.25, 0.3) is 0 Å². The summed E-state index contributed by atoms with van der Waals surface area (Å²) in [6.07, 6.45) is 1.74. The third-order valence-electron chi connectivity index (χ3n) is 3.11. The van der Waals surface area contributed by atoms with Crippen LogP contribution in [0.15, 0.2) is 24.3 Å². The van der Waals surface area contributed by atoms with Crippen LogP contribution in [0.25, 0.3) is 0 Å². The normalized spacial score (nSPS) is 10.7. The van der Waals surface area contributed by atoms with Gasteiger partial charge in [-0.1, -0.05) is 18.5 Å². The molecule has 0 saturated heterocycles. The molecule has 2 aromatic rings. The molecule has 20 heavy (non-hydrogen) atoms. The summed E-state index contributed by atoms with van der Waals surface area (Å²) in [6, 6.07) is 6.28. The number of anilines is 2. The van der Waals surface area contributed by atoms with Crippen molar-refractivity contribution in [3.63, 3.8) is 0 Å². The van der Waals surface area contributed by atoms with Crippen molar-refractivity contribution in [2.45, 2.75) is 26.7 Å². The van der Waals surface area contributed by atoms with Gasteiger partial charge >= 0.3 is 0 Å². The first kappa shape index (κ1) is 14.7. The summed E-state index contributed by atoms with van der Waals surface area (Å²) in [5.74, 6) is 1.22. The van der Waals surface area contributed by atoms with Crippen LogP contribution in [-0.2, 0) is 6.42 Å². The molecule has 106 valence electrons. The smallest absolute Gasteiger partial charge is 0.140 e. The number of aromatic nitrogens is 2. The molecule has 1 aromatic carbocycles. The molecule has 1 aromatic heterocycles. The van der Waals surface area contributed by atoms with E-state index in [1.165, 1.54) is 12.1 Å². The molecule has 0 spiro atoms. The predicted octanol–water partition coefficient (Wildman–Crippen LogP) is 4.30. The molecule has 0 aliphatic carbocycles. The Morgan fingerprint density at radius 2 is 1.85 bits per heavy atom. The van der Waals surface area contributed by atoms with Gasteiger partial charge in [-0.05, 0) is 37.6 Å². The number of halogens is 2. The fourth-order valence-electron chi connectivity index (χ4n) is 1.97. The molecule has 0 bridgehead atoms. The maximum Gasteiger partial charge on any atom is 0.140 e. The van der Waals surface area contributed by atoms with E-state index in [1.807, 2.05) is 18.9 Å². The molecule has 0 fully saturated rings. The van der Waals surface area contributed by atoms with Crippen LogP contribution >= 0.6 is 11.6 Å². The lowest BCUT2D eigenvalue weighted by Crippen LogP contribution is -2.15. The van der Waals surface area contributed by atoms with Gasteiger partial charge in [-0.25, -0.2) is 14.4 Å². The highest BCUT2D eigenvalue weighted by Crippen LogP contribution is 2.28. The Hall–Kier alpha value is -1.68. The van der Waals surface area contributed by atoms with Gasteiger partial charge < -0.3 is 4.90 Å². The van der Waals surface area contributed by atoms with Gasteiger partial charge in [0.2, 0.25) is 0 Å². The summed E-state index contributed by atoms with van der Waals surface area (Å²) in [5.41, 5.74) is 1.67. The van der Waals surface area contributed by atoms with E-state index in [-0.39, 0.29) is 5.82 Å². The largest absolute Gasteiger partial charge is 0.329 e. The maximum absolute atomic E-state index is 13.0. The van der Waals surface area contributed by atoms with E-state index in [1.54, 1.807) is 12.1 Å². The molecule has 0 aliphatic rings. The second kappa shape index (κ2) is 6.18. The SMILES string of the molecule is CCCc1nc(Cl)c(C)c(N(C)c2ccc(F)cc2)n1. The lowest BCUT2D eigenvalue weighted by atomic mass is 10.2. The molecular formula is C15H17ClFN3. The zero-order chi connectivity index (χ0) is 14.7. The Labute approximate surface area is 123 Å².